The molecule has 1 aliphatic carbocycles. The highest BCUT2D eigenvalue weighted by Crippen LogP contribution is 2.29. The average molecular weight is 250 g/mol. The van der Waals surface area contributed by atoms with Crippen molar-refractivity contribution in [2.24, 2.45) is 5.73 Å². The van der Waals surface area contributed by atoms with E-state index in [0.29, 0.717) is 12.6 Å². The van der Waals surface area contributed by atoms with Gasteiger partial charge in [-0.05, 0) is 43.5 Å². The maximum Gasteiger partial charge on any atom is 0.123 e. The molecule has 0 atom stereocenters. The summed E-state index contributed by atoms with van der Waals surface area (Å²) in [6, 6.07) is 5.59. The molecular weight excluding hydrogens is 227 g/mol. The molecule has 0 bridgehead atoms. The van der Waals surface area contributed by atoms with Crippen LogP contribution in [0.3, 0.4) is 0 Å². The van der Waals surface area contributed by atoms with Crippen LogP contribution in [0.25, 0.3) is 0 Å². The molecule has 1 aromatic rings. The zero-order valence-corrected chi connectivity index (χ0v) is 11.2. The third kappa shape index (κ3) is 2.83. The van der Waals surface area contributed by atoms with E-state index in [1.54, 1.807) is 12.1 Å². The van der Waals surface area contributed by atoms with E-state index in [4.69, 9.17) is 5.73 Å². The predicted molar refractivity (Wildman–Crippen MR) is 74.2 cm³/mol. The van der Waals surface area contributed by atoms with Crippen molar-refractivity contribution in [2.45, 2.75) is 51.6 Å². The molecule has 0 aromatic heterocycles. The highest BCUT2D eigenvalue weighted by Gasteiger charge is 2.21. The number of hydrogen-bond acceptors (Lipinski definition) is 2. The highest BCUT2D eigenvalue weighted by atomic mass is 19.1. The molecule has 0 amide bonds. The highest BCUT2D eigenvalue weighted by molar-refractivity contribution is 5.54. The Labute approximate surface area is 109 Å². The van der Waals surface area contributed by atoms with Gasteiger partial charge in [-0.25, -0.2) is 4.39 Å². The van der Waals surface area contributed by atoms with Crippen molar-refractivity contribution < 1.29 is 4.39 Å². The van der Waals surface area contributed by atoms with Crippen molar-refractivity contribution in [2.75, 3.05) is 11.4 Å². The van der Waals surface area contributed by atoms with Gasteiger partial charge in [0.2, 0.25) is 0 Å². The molecule has 1 fully saturated rings. The summed E-state index contributed by atoms with van der Waals surface area (Å²) in [5, 5.41) is 0. The number of rotatable bonds is 4. The predicted octanol–water partition coefficient (Wildman–Crippen LogP) is 3.44. The second-order valence-electron chi connectivity index (χ2n) is 5.06. The molecule has 0 spiro atoms. The fourth-order valence-electron chi connectivity index (χ4n) is 3.02. The standard InChI is InChI=1S/C15H23FN2/c1-2-18(14-6-4-3-5-7-14)15-9-8-13(16)10-12(15)11-17/h8-10,14H,2-7,11,17H2,1H3. The summed E-state index contributed by atoms with van der Waals surface area (Å²) in [5.74, 6) is -0.195. The molecular formula is C15H23FN2. The first kappa shape index (κ1) is 13.3. The van der Waals surface area contributed by atoms with Gasteiger partial charge in [0, 0.05) is 24.8 Å². The first-order valence-corrected chi connectivity index (χ1v) is 7.01. The second kappa shape index (κ2) is 6.19. The van der Waals surface area contributed by atoms with E-state index in [2.05, 4.69) is 11.8 Å². The van der Waals surface area contributed by atoms with Gasteiger partial charge in [0.05, 0.1) is 0 Å². The third-order valence-electron chi connectivity index (χ3n) is 3.93. The molecule has 1 aromatic carbocycles. The van der Waals surface area contributed by atoms with Crippen LogP contribution in [0, 0.1) is 5.82 Å². The van der Waals surface area contributed by atoms with Gasteiger partial charge in [-0.2, -0.15) is 0 Å². The molecule has 0 radical (unpaired) electrons. The molecule has 2 N–H and O–H groups in total. The Balaban J connectivity index is 2.25. The van der Waals surface area contributed by atoms with Crippen molar-refractivity contribution in [1.29, 1.82) is 0 Å². The van der Waals surface area contributed by atoms with Crippen LogP contribution >= 0.6 is 0 Å². The monoisotopic (exact) mass is 250 g/mol. The van der Waals surface area contributed by atoms with Crippen LogP contribution in [0.2, 0.25) is 0 Å². The smallest absolute Gasteiger partial charge is 0.123 e. The van der Waals surface area contributed by atoms with E-state index >= 15 is 0 Å². The van der Waals surface area contributed by atoms with Gasteiger partial charge in [-0.1, -0.05) is 19.3 Å². The Hall–Kier alpha value is -1.09. The third-order valence-corrected chi connectivity index (χ3v) is 3.93. The Bertz CT molecular complexity index is 386. The summed E-state index contributed by atoms with van der Waals surface area (Å²) in [4.78, 5) is 2.40. The number of benzene rings is 1. The molecule has 0 saturated heterocycles. The first-order chi connectivity index (χ1) is 8.76. The Morgan fingerprint density at radius 2 is 2.00 bits per heavy atom. The van der Waals surface area contributed by atoms with Crippen molar-refractivity contribution in [1.82, 2.24) is 0 Å². The van der Waals surface area contributed by atoms with Gasteiger partial charge < -0.3 is 10.6 Å². The van der Waals surface area contributed by atoms with Gasteiger partial charge in [-0.3, -0.25) is 0 Å². The van der Waals surface area contributed by atoms with Crippen LogP contribution in [0.4, 0.5) is 10.1 Å². The lowest BCUT2D eigenvalue weighted by Gasteiger charge is -2.36. The molecule has 3 heteroatoms. The Morgan fingerprint density at radius 1 is 1.28 bits per heavy atom. The summed E-state index contributed by atoms with van der Waals surface area (Å²) in [6.45, 7) is 3.53. The van der Waals surface area contributed by atoms with Crippen LogP contribution in [0.5, 0.6) is 0 Å². The van der Waals surface area contributed by atoms with E-state index in [1.807, 2.05) is 6.07 Å². The Kier molecular flexibility index (Phi) is 4.59. The molecule has 2 rings (SSSR count). The number of hydrogen-bond donors (Lipinski definition) is 1. The van der Waals surface area contributed by atoms with Crippen LogP contribution in [0.15, 0.2) is 18.2 Å². The van der Waals surface area contributed by atoms with E-state index in [-0.39, 0.29) is 5.82 Å². The summed E-state index contributed by atoms with van der Waals surface area (Å²) in [6.07, 6.45) is 6.45. The molecule has 1 aliphatic rings. The lowest BCUT2D eigenvalue weighted by Crippen LogP contribution is -2.37. The van der Waals surface area contributed by atoms with Crippen LogP contribution in [0.1, 0.15) is 44.6 Å². The van der Waals surface area contributed by atoms with Gasteiger partial charge in [0.25, 0.3) is 0 Å². The summed E-state index contributed by atoms with van der Waals surface area (Å²) in [7, 11) is 0. The van der Waals surface area contributed by atoms with Crippen molar-refractivity contribution in [3.05, 3.63) is 29.6 Å². The quantitative estimate of drug-likeness (QED) is 0.887. The second-order valence-corrected chi connectivity index (χ2v) is 5.06. The van der Waals surface area contributed by atoms with Gasteiger partial charge in [-0.15, -0.1) is 0 Å². The summed E-state index contributed by atoms with van der Waals surface area (Å²) in [5.41, 5.74) is 7.79. The van der Waals surface area contributed by atoms with E-state index in [1.165, 1.54) is 32.1 Å². The molecule has 0 unspecified atom stereocenters. The van der Waals surface area contributed by atoms with Crippen molar-refractivity contribution in [3.8, 4) is 0 Å². The first-order valence-electron chi connectivity index (χ1n) is 7.01. The lowest BCUT2D eigenvalue weighted by molar-refractivity contribution is 0.417. The number of nitrogens with zero attached hydrogens (tertiary/aromatic N) is 1. The maximum atomic E-state index is 13.3. The molecule has 0 heterocycles. The normalized spacial score (nSPS) is 16.8. The minimum atomic E-state index is -0.195. The summed E-state index contributed by atoms with van der Waals surface area (Å²) < 4.78 is 13.3. The number of nitrogens with two attached hydrogens (primary N) is 1. The zero-order valence-electron chi connectivity index (χ0n) is 11.2. The van der Waals surface area contributed by atoms with Crippen molar-refractivity contribution in [3.63, 3.8) is 0 Å². The Morgan fingerprint density at radius 3 is 2.61 bits per heavy atom. The maximum absolute atomic E-state index is 13.3. The molecule has 0 aliphatic heterocycles. The fraction of sp³-hybridized carbons (Fsp3) is 0.600. The zero-order chi connectivity index (χ0) is 13.0. The SMILES string of the molecule is CCN(c1ccc(F)cc1CN)C1CCCCC1. The van der Waals surface area contributed by atoms with Crippen LogP contribution in [-0.4, -0.2) is 12.6 Å². The van der Waals surface area contributed by atoms with E-state index in [0.717, 1.165) is 17.8 Å². The van der Waals surface area contributed by atoms with Crippen LogP contribution < -0.4 is 10.6 Å². The lowest BCUT2D eigenvalue weighted by atomic mass is 9.93. The number of anilines is 1. The number of halogens is 1. The molecule has 100 valence electrons. The average Bonchev–Trinajstić information content (AvgIpc) is 2.42. The van der Waals surface area contributed by atoms with Gasteiger partial charge in [0.1, 0.15) is 5.82 Å². The molecule has 2 nitrogen and oxygen atoms in total. The van der Waals surface area contributed by atoms with E-state index in [9.17, 15) is 4.39 Å². The van der Waals surface area contributed by atoms with Gasteiger partial charge >= 0.3 is 0 Å². The largest absolute Gasteiger partial charge is 0.369 e. The van der Waals surface area contributed by atoms with Gasteiger partial charge in [0.15, 0.2) is 0 Å². The van der Waals surface area contributed by atoms with Crippen molar-refractivity contribution >= 4 is 5.69 Å². The van der Waals surface area contributed by atoms with E-state index < -0.39 is 0 Å². The minimum Gasteiger partial charge on any atom is -0.369 e. The minimum absolute atomic E-state index is 0.195. The topological polar surface area (TPSA) is 29.3 Å². The summed E-state index contributed by atoms with van der Waals surface area (Å²) >= 11 is 0. The molecule has 1 saturated carbocycles. The molecule has 18 heavy (non-hydrogen) atoms. The fourth-order valence-corrected chi connectivity index (χ4v) is 3.02. The van der Waals surface area contributed by atoms with Crippen LogP contribution in [-0.2, 0) is 6.54 Å².